The van der Waals surface area contributed by atoms with Gasteiger partial charge in [-0.2, -0.15) is 13.8 Å². The van der Waals surface area contributed by atoms with Crippen LogP contribution >= 0.6 is 11.8 Å². The summed E-state index contributed by atoms with van der Waals surface area (Å²) in [7, 11) is 0. The normalized spacial score (nSPS) is 14.4. The van der Waals surface area contributed by atoms with Crippen molar-refractivity contribution in [3.8, 4) is 0 Å². The highest BCUT2D eigenvalue weighted by molar-refractivity contribution is 7.99. The van der Waals surface area contributed by atoms with Gasteiger partial charge in [0.25, 0.3) is 11.9 Å². The van der Waals surface area contributed by atoms with Gasteiger partial charge in [-0.25, -0.2) is 8.78 Å². The second kappa shape index (κ2) is 5.71. The quantitative estimate of drug-likeness (QED) is 0.478. The predicted molar refractivity (Wildman–Crippen MR) is 70.4 cm³/mol. The molecule has 0 saturated heterocycles. The predicted octanol–water partition coefficient (Wildman–Crippen LogP) is 3.44. The Morgan fingerprint density at radius 3 is 2.32 bits per heavy atom. The smallest absolute Gasteiger partial charge is 0.252 e. The van der Waals surface area contributed by atoms with E-state index in [1.54, 1.807) is 10.6 Å². The fourth-order valence-electron chi connectivity index (χ4n) is 1.97. The molecule has 2 aromatic heterocycles. The van der Waals surface area contributed by atoms with E-state index in [9.17, 15) is 17.6 Å². The summed E-state index contributed by atoms with van der Waals surface area (Å²) in [6.07, 6.45) is 3.50. The minimum Gasteiger partial charge on any atom is -0.302 e. The van der Waals surface area contributed by atoms with Crippen LogP contribution in [0.5, 0.6) is 0 Å². The molecule has 0 spiro atoms. The van der Waals surface area contributed by atoms with Crippen LogP contribution in [0.25, 0.3) is 0 Å². The Labute approximate surface area is 127 Å². The number of pyridine rings is 1. The van der Waals surface area contributed by atoms with Crippen LogP contribution in [-0.4, -0.2) is 19.7 Å². The van der Waals surface area contributed by atoms with Crippen LogP contribution in [0.15, 0.2) is 22.7 Å². The van der Waals surface area contributed by atoms with Crippen molar-refractivity contribution in [2.45, 2.75) is 35.4 Å². The van der Waals surface area contributed by atoms with Crippen LogP contribution in [0.3, 0.4) is 0 Å². The van der Waals surface area contributed by atoms with Crippen LogP contribution in [0.1, 0.15) is 24.6 Å². The molecule has 4 nitrogen and oxygen atoms in total. The topological polar surface area (TPSA) is 43.6 Å². The first kappa shape index (κ1) is 15.0. The molecule has 1 saturated carbocycles. The van der Waals surface area contributed by atoms with Crippen molar-refractivity contribution < 1.29 is 17.6 Å². The summed E-state index contributed by atoms with van der Waals surface area (Å²) in [5.74, 6) is -5.56. The van der Waals surface area contributed by atoms with Crippen LogP contribution in [0.2, 0.25) is 0 Å². The molecule has 0 N–H and O–H groups in total. The van der Waals surface area contributed by atoms with Crippen molar-refractivity contribution in [1.82, 2.24) is 19.7 Å². The van der Waals surface area contributed by atoms with E-state index in [0.29, 0.717) is 24.1 Å². The first-order valence-corrected chi connectivity index (χ1v) is 7.26. The van der Waals surface area contributed by atoms with Gasteiger partial charge < -0.3 is 4.57 Å². The second-order valence-electron chi connectivity index (χ2n) is 4.77. The molecule has 116 valence electrons. The number of rotatable bonds is 5. The van der Waals surface area contributed by atoms with Crippen molar-refractivity contribution in [3.63, 3.8) is 0 Å². The highest BCUT2D eigenvalue weighted by Gasteiger charge is 2.31. The van der Waals surface area contributed by atoms with Gasteiger partial charge in [0.15, 0.2) is 16.8 Å². The molecule has 22 heavy (non-hydrogen) atoms. The minimum atomic E-state index is -1.70. The molecule has 0 atom stereocenters. The van der Waals surface area contributed by atoms with E-state index in [2.05, 4.69) is 21.8 Å². The van der Waals surface area contributed by atoms with Gasteiger partial charge >= 0.3 is 0 Å². The summed E-state index contributed by atoms with van der Waals surface area (Å²) in [4.78, 5) is 1.69. The summed E-state index contributed by atoms with van der Waals surface area (Å²) in [5.41, 5.74) is 0. The summed E-state index contributed by atoms with van der Waals surface area (Å²) in [5, 5.41) is 8.00. The van der Waals surface area contributed by atoms with Gasteiger partial charge in [0.1, 0.15) is 5.82 Å². The SMILES string of the molecule is C=CCn1c(Sc2c(F)c(F)nc(F)c2F)nnc1C1CC1. The Morgan fingerprint density at radius 2 is 1.77 bits per heavy atom. The lowest BCUT2D eigenvalue weighted by molar-refractivity contribution is 0.383. The number of aromatic nitrogens is 4. The molecule has 0 aromatic carbocycles. The maximum Gasteiger partial charge on any atom is 0.252 e. The number of allylic oxidation sites excluding steroid dienone is 1. The summed E-state index contributed by atoms with van der Waals surface area (Å²) < 4.78 is 55.3. The van der Waals surface area contributed by atoms with Gasteiger partial charge in [-0.3, -0.25) is 0 Å². The van der Waals surface area contributed by atoms with Crippen molar-refractivity contribution in [1.29, 1.82) is 0 Å². The third-order valence-corrected chi connectivity index (χ3v) is 4.20. The molecule has 1 fully saturated rings. The molecule has 1 aliphatic carbocycles. The molecule has 2 aromatic rings. The van der Waals surface area contributed by atoms with Crippen molar-refractivity contribution in [3.05, 3.63) is 42.0 Å². The van der Waals surface area contributed by atoms with Gasteiger partial charge in [0, 0.05) is 12.5 Å². The molecule has 0 radical (unpaired) electrons. The van der Waals surface area contributed by atoms with E-state index in [1.165, 1.54) is 0 Å². The largest absolute Gasteiger partial charge is 0.302 e. The van der Waals surface area contributed by atoms with Gasteiger partial charge in [-0.15, -0.1) is 16.8 Å². The van der Waals surface area contributed by atoms with Crippen LogP contribution in [0, 0.1) is 23.5 Å². The maximum absolute atomic E-state index is 13.7. The Kier molecular flexibility index (Phi) is 3.90. The van der Waals surface area contributed by atoms with Gasteiger partial charge in [0.05, 0.1) is 4.90 Å². The van der Waals surface area contributed by atoms with E-state index in [-0.39, 0.29) is 11.1 Å². The van der Waals surface area contributed by atoms with Crippen LogP contribution < -0.4 is 0 Å². The molecule has 9 heteroatoms. The highest BCUT2D eigenvalue weighted by atomic mass is 32.2. The standard InChI is InChI=1S/C13H10F4N4S/c1-2-5-21-12(6-3-4-6)19-20-13(21)22-9-7(14)10(16)18-11(17)8(9)15/h2,6H,1,3-5H2. The zero-order valence-electron chi connectivity index (χ0n) is 11.2. The lowest BCUT2D eigenvalue weighted by Crippen LogP contribution is -2.05. The van der Waals surface area contributed by atoms with Crippen LogP contribution in [0.4, 0.5) is 17.6 Å². The molecule has 0 unspecified atom stereocenters. The maximum atomic E-state index is 13.7. The molecule has 3 rings (SSSR count). The molecular weight excluding hydrogens is 320 g/mol. The number of halogens is 4. The number of nitrogens with zero attached hydrogens (tertiary/aromatic N) is 4. The molecule has 1 aliphatic rings. The Hall–Kier alpha value is -1.90. The molecule has 0 bridgehead atoms. The van der Waals surface area contributed by atoms with Crippen molar-refractivity contribution >= 4 is 11.8 Å². The number of hydrogen-bond acceptors (Lipinski definition) is 4. The monoisotopic (exact) mass is 330 g/mol. The first-order valence-electron chi connectivity index (χ1n) is 6.44. The minimum absolute atomic E-state index is 0.143. The second-order valence-corrected chi connectivity index (χ2v) is 5.74. The van der Waals surface area contributed by atoms with Gasteiger partial charge in [-0.05, 0) is 24.6 Å². The lowest BCUT2D eigenvalue weighted by Gasteiger charge is -2.08. The molecule has 0 aliphatic heterocycles. The zero-order chi connectivity index (χ0) is 15.9. The van der Waals surface area contributed by atoms with E-state index in [0.717, 1.165) is 12.8 Å². The highest BCUT2D eigenvalue weighted by Crippen LogP contribution is 2.41. The fourth-order valence-corrected chi connectivity index (χ4v) is 2.86. The summed E-state index contributed by atoms with van der Waals surface area (Å²) in [6.45, 7) is 3.94. The molecular formula is C13H10F4N4S. The Bertz CT molecular complexity index is 716. The zero-order valence-corrected chi connectivity index (χ0v) is 12.0. The molecule has 2 heterocycles. The van der Waals surface area contributed by atoms with E-state index in [1.807, 2.05) is 0 Å². The van der Waals surface area contributed by atoms with Crippen LogP contribution in [-0.2, 0) is 6.54 Å². The fraction of sp³-hybridized carbons (Fsp3) is 0.308. The van der Waals surface area contributed by atoms with Gasteiger partial charge in [-0.1, -0.05) is 6.08 Å². The average Bonchev–Trinajstić information content (AvgIpc) is 3.25. The summed E-state index contributed by atoms with van der Waals surface area (Å²) >= 11 is 0.473. The number of hydrogen-bond donors (Lipinski definition) is 0. The average molecular weight is 330 g/mol. The molecule has 0 amide bonds. The first-order chi connectivity index (χ1) is 10.5. The van der Waals surface area contributed by atoms with E-state index >= 15 is 0 Å². The van der Waals surface area contributed by atoms with E-state index < -0.39 is 28.4 Å². The Morgan fingerprint density at radius 1 is 1.14 bits per heavy atom. The Balaban J connectivity index is 2.02. The van der Waals surface area contributed by atoms with Gasteiger partial charge in [0.2, 0.25) is 0 Å². The van der Waals surface area contributed by atoms with Crippen molar-refractivity contribution in [2.75, 3.05) is 0 Å². The third kappa shape index (κ3) is 2.60. The third-order valence-electron chi connectivity index (χ3n) is 3.15. The summed E-state index contributed by atoms with van der Waals surface area (Å²) in [6, 6.07) is 0. The van der Waals surface area contributed by atoms with Crippen molar-refractivity contribution in [2.24, 2.45) is 0 Å². The lowest BCUT2D eigenvalue weighted by atomic mass is 10.4. The van der Waals surface area contributed by atoms with E-state index in [4.69, 9.17) is 0 Å².